The van der Waals surface area contributed by atoms with E-state index in [0.29, 0.717) is 17.0 Å². The molecule has 1 heterocycles. The number of fused-ring (bicyclic) bond motifs is 1. The molecule has 170 valence electrons. The second-order valence-corrected chi connectivity index (χ2v) is 6.99. The Morgan fingerprint density at radius 1 is 1.12 bits per heavy atom. The summed E-state index contributed by atoms with van der Waals surface area (Å²) in [7, 11) is 0. The standard InChI is InChI=1S/C22H21F3N2O5/c1-2-31-21(30)13-26(11-15-7-9-16(10-8-15)22(23,24)25)19(28)12-27-17-5-3-4-6-18(17)32-14-20(27)29/h3-10H,2,11-14H2,1H3. The predicted octanol–water partition coefficient (Wildman–Crippen LogP) is 3.02. The number of carbonyl (C=O) groups is 3. The van der Waals surface area contributed by atoms with Crippen molar-refractivity contribution in [1.29, 1.82) is 0 Å². The van der Waals surface area contributed by atoms with Crippen LogP contribution in [0, 0.1) is 0 Å². The Hall–Kier alpha value is -3.56. The molecule has 0 saturated heterocycles. The highest BCUT2D eigenvalue weighted by Crippen LogP contribution is 2.32. The number of benzene rings is 2. The topological polar surface area (TPSA) is 76.2 Å². The van der Waals surface area contributed by atoms with Crippen molar-refractivity contribution in [3.63, 3.8) is 0 Å². The molecule has 0 aromatic heterocycles. The van der Waals surface area contributed by atoms with Gasteiger partial charge >= 0.3 is 12.1 Å². The van der Waals surface area contributed by atoms with E-state index < -0.39 is 36.1 Å². The molecule has 0 N–H and O–H groups in total. The fourth-order valence-corrected chi connectivity index (χ4v) is 3.18. The van der Waals surface area contributed by atoms with Crippen LogP contribution >= 0.6 is 0 Å². The van der Waals surface area contributed by atoms with E-state index in [9.17, 15) is 27.6 Å². The first-order chi connectivity index (χ1) is 15.2. The summed E-state index contributed by atoms with van der Waals surface area (Å²) in [6, 6.07) is 11.0. The van der Waals surface area contributed by atoms with Gasteiger partial charge in [-0.2, -0.15) is 13.2 Å². The molecule has 0 radical (unpaired) electrons. The lowest BCUT2D eigenvalue weighted by molar-refractivity contribution is -0.149. The third kappa shape index (κ3) is 5.57. The van der Waals surface area contributed by atoms with Crippen molar-refractivity contribution in [2.45, 2.75) is 19.6 Å². The molecular weight excluding hydrogens is 429 g/mol. The second-order valence-electron chi connectivity index (χ2n) is 6.99. The molecule has 0 fully saturated rings. The van der Waals surface area contributed by atoms with Gasteiger partial charge in [0, 0.05) is 6.54 Å². The molecule has 1 aliphatic heterocycles. The number of ether oxygens (including phenoxy) is 2. The van der Waals surface area contributed by atoms with Gasteiger partial charge in [-0.05, 0) is 36.8 Å². The summed E-state index contributed by atoms with van der Waals surface area (Å²) in [5, 5.41) is 0. The van der Waals surface area contributed by atoms with Crippen LogP contribution in [0.1, 0.15) is 18.1 Å². The van der Waals surface area contributed by atoms with Crippen LogP contribution in [-0.4, -0.2) is 49.0 Å². The molecule has 1 aliphatic rings. The quantitative estimate of drug-likeness (QED) is 0.607. The van der Waals surface area contributed by atoms with Gasteiger partial charge in [-0.15, -0.1) is 0 Å². The Labute approximate surface area is 182 Å². The number of nitrogens with zero attached hydrogens (tertiary/aromatic N) is 2. The van der Waals surface area contributed by atoms with Crippen LogP contribution < -0.4 is 9.64 Å². The average Bonchev–Trinajstić information content (AvgIpc) is 2.75. The van der Waals surface area contributed by atoms with E-state index in [1.54, 1.807) is 31.2 Å². The molecule has 0 unspecified atom stereocenters. The number of para-hydroxylation sites is 2. The summed E-state index contributed by atoms with van der Waals surface area (Å²) in [4.78, 5) is 39.8. The van der Waals surface area contributed by atoms with Crippen LogP contribution in [0.25, 0.3) is 0 Å². The van der Waals surface area contributed by atoms with Crippen molar-refractivity contribution in [2.75, 3.05) is 31.2 Å². The van der Waals surface area contributed by atoms with E-state index in [1.807, 2.05) is 0 Å². The molecule has 0 bridgehead atoms. The molecule has 0 aliphatic carbocycles. The minimum Gasteiger partial charge on any atom is -0.482 e. The van der Waals surface area contributed by atoms with Gasteiger partial charge < -0.3 is 14.4 Å². The molecular formula is C22H21F3N2O5. The van der Waals surface area contributed by atoms with Gasteiger partial charge in [0.2, 0.25) is 5.91 Å². The smallest absolute Gasteiger partial charge is 0.416 e. The maximum Gasteiger partial charge on any atom is 0.416 e. The first-order valence-corrected chi connectivity index (χ1v) is 9.80. The zero-order valence-corrected chi connectivity index (χ0v) is 17.2. The molecule has 0 saturated carbocycles. The van der Waals surface area contributed by atoms with E-state index in [1.165, 1.54) is 17.0 Å². The Morgan fingerprint density at radius 3 is 2.47 bits per heavy atom. The van der Waals surface area contributed by atoms with E-state index in [2.05, 4.69) is 0 Å². The summed E-state index contributed by atoms with van der Waals surface area (Å²) in [6.07, 6.45) is -4.48. The highest BCUT2D eigenvalue weighted by atomic mass is 19.4. The number of hydrogen-bond donors (Lipinski definition) is 0. The highest BCUT2D eigenvalue weighted by molar-refractivity contribution is 6.02. The van der Waals surface area contributed by atoms with Crippen molar-refractivity contribution in [3.8, 4) is 5.75 Å². The number of halogens is 3. The third-order valence-electron chi connectivity index (χ3n) is 4.73. The summed E-state index contributed by atoms with van der Waals surface area (Å²) in [5.74, 6) is -1.22. The first-order valence-electron chi connectivity index (χ1n) is 9.80. The number of alkyl halides is 3. The first kappa shape index (κ1) is 23.1. The van der Waals surface area contributed by atoms with Crippen LogP contribution in [0.15, 0.2) is 48.5 Å². The van der Waals surface area contributed by atoms with Crippen LogP contribution in [-0.2, 0) is 31.8 Å². The monoisotopic (exact) mass is 450 g/mol. The van der Waals surface area contributed by atoms with Gasteiger partial charge in [0.1, 0.15) is 18.8 Å². The molecule has 2 amide bonds. The lowest BCUT2D eigenvalue weighted by atomic mass is 10.1. The van der Waals surface area contributed by atoms with Gasteiger partial charge in [0.05, 0.1) is 17.9 Å². The fraction of sp³-hybridized carbons (Fsp3) is 0.318. The van der Waals surface area contributed by atoms with Gasteiger partial charge in [0.15, 0.2) is 6.61 Å². The van der Waals surface area contributed by atoms with Gasteiger partial charge in [0.25, 0.3) is 5.91 Å². The van der Waals surface area contributed by atoms with Crippen LogP contribution in [0.4, 0.5) is 18.9 Å². The summed E-state index contributed by atoms with van der Waals surface area (Å²) < 4.78 is 48.7. The fourth-order valence-electron chi connectivity index (χ4n) is 3.18. The third-order valence-corrected chi connectivity index (χ3v) is 4.73. The largest absolute Gasteiger partial charge is 0.482 e. The summed E-state index contributed by atoms with van der Waals surface area (Å²) in [6.45, 7) is 0.587. The Morgan fingerprint density at radius 2 is 1.81 bits per heavy atom. The average molecular weight is 450 g/mol. The van der Waals surface area contributed by atoms with Crippen LogP contribution in [0.5, 0.6) is 5.75 Å². The molecule has 3 rings (SSSR count). The molecule has 2 aromatic carbocycles. The SMILES string of the molecule is CCOC(=O)CN(Cc1ccc(C(F)(F)F)cc1)C(=O)CN1C(=O)COc2ccccc21. The number of hydrogen-bond acceptors (Lipinski definition) is 5. The zero-order valence-electron chi connectivity index (χ0n) is 17.2. The van der Waals surface area contributed by atoms with Crippen LogP contribution in [0.2, 0.25) is 0 Å². The van der Waals surface area contributed by atoms with Gasteiger partial charge in [-0.3, -0.25) is 19.3 Å². The van der Waals surface area contributed by atoms with Crippen molar-refractivity contribution in [2.24, 2.45) is 0 Å². The minimum atomic E-state index is -4.48. The number of esters is 1. The lowest BCUT2D eigenvalue weighted by Gasteiger charge is -2.31. The molecule has 10 heteroatoms. The van der Waals surface area contributed by atoms with E-state index >= 15 is 0 Å². The second kappa shape index (κ2) is 9.71. The van der Waals surface area contributed by atoms with Crippen molar-refractivity contribution >= 4 is 23.5 Å². The Balaban J connectivity index is 1.80. The molecule has 0 atom stereocenters. The highest BCUT2D eigenvalue weighted by Gasteiger charge is 2.31. The number of carbonyl (C=O) groups excluding carboxylic acids is 3. The predicted molar refractivity (Wildman–Crippen MR) is 108 cm³/mol. The van der Waals surface area contributed by atoms with E-state index in [-0.39, 0.29) is 26.3 Å². The number of amides is 2. The molecule has 0 spiro atoms. The zero-order chi connectivity index (χ0) is 23.3. The van der Waals surface area contributed by atoms with Gasteiger partial charge in [-0.25, -0.2) is 0 Å². The maximum atomic E-state index is 13.0. The minimum absolute atomic E-state index is 0.108. The molecule has 7 nitrogen and oxygen atoms in total. The van der Waals surface area contributed by atoms with Crippen LogP contribution in [0.3, 0.4) is 0 Å². The lowest BCUT2D eigenvalue weighted by Crippen LogP contribution is -2.47. The normalized spacial score (nSPS) is 13.2. The number of anilines is 1. The number of rotatable bonds is 7. The summed E-state index contributed by atoms with van der Waals surface area (Å²) >= 11 is 0. The summed E-state index contributed by atoms with van der Waals surface area (Å²) in [5.41, 5.74) is -0.00731. The van der Waals surface area contributed by atoms with Crippen molar-refractivity contribution in [3.05, 3.63) is 59.7 Å². The van der Waals surface area contributed by atoms with E-state index in [0.717, 1.165) is 17.0 Å². The van der Waals surface area contributed by atoms with Crippen molar-refractivity contribution in [1.82, 2.24) is 4.90 Å². The Bertz CT molecular complexity index is 992. The van der Waals surface area contributed by atoms with Crippen molar-refractivity contribution < 1.29 is 37.0 Å². The Kier molecular flexibility index (Phi) is 7.01. The van der Waals surface area contributed by atoms with E-state index in [4.69, 9.17) is 9.47 Å². The maximum absolute atomic E-state index is 13.0. The van der Waals surface area contributed by atoms with Gasteiger partial charge in [-0.1, -0.05) is 24.3 Å². The molecule has 32 heavy (non-hydrogen) atoms. The molecule has 2 aromatic rings.